The summed E-state index contributed by atoms with van der Waals surface area (Å²) >= 11 is 5.89. The Morgan fingerprint density at radius 1 is 1.20 bits per heavy atom. The lowest BCUT2D eigenvalue weighted by Crippen LogP contribution is -1.90. The molecule has 15 heavy (non-hydrogen) atoms. The topological polar surface area (TPSA) is 35.0 Å². The lowest BCUT2D eigenvalue weighted by Gasteiger charge is -2.02. The molecule has 2 aromatic rings. The molecule has 1 heterocycles. The first-order valence-electron chi connectivity index (χ1n) is 4.41. The zero-order valence-electron chi connectivity index (χ0n) is 8.14. The van der Waals surface area contributed by atoms with Gasteiger partial charge in [0.25, 0.3) is 0 Å². The van der Waals surface area contributed by atoms with Crippen LogP contribution >= 0.6 is 11.6 Å². The van der Waals surface area contributed by atoms with Gasteiger partial charge in [0.2, 0.25) is 5.88 Å². The van der Waals surface area contributed by atoms with Crippen LogP contribution in [0.25, 0.3) is 11.3 Å². The highest BCUT2D eigenvalue weighted by atomic mass is 35.5. The van der Waals surface area contributed by atoms with Crippen LogP contribution in [0.1, 0.15) is 0 Å². The van der Waals surface area contributed by atoms with E-state index in [-0.39, 0.29) is 0 Å². The van der Waals surface area contributed by atoms with Crippen molar-refractivity contribution in [3.63, 3.8) is 0 Å². The van der Waals surface area contributed by atoms with Crippen molar-refractivity contribution in [2.75, 3.05) is 7.11 Å². The summed E-state index contributed by atoms with van der Waals surface area (Å²) in [4.78, 5) is 8.09. The molecule has 0 aliphatic carbocycles. The molecule has 0 saturated heterocycles. The maximum absolute atomic E-state index is 5.89. The second-order valence-electron chi connectivity index (χ2n) is 2.96. The molecule has 0 aliphatic rings. The molecule has 0 N–H and O–H groups in total. The second kappa shape index (κ2) is 4.28. The predicted molar refractivity (Wildman–Crippen MR) is 59.0 cm³/mol. The fourth-order valence-corrected chi connectivity index (χ4v) is 1.45. The van der Waals surface area contributed by atoms with Crippen molar-refractivity contribution in [1.82, 2.24) is 9.97 Å². The Kier molecular flexibility index (Phi) is 2.83. The van der Waals surface area contributed by atoms with Gasteiger partial charge < -0.3 is 4.74 Å². The molecule has 4 heteroatoms. The van der Waals surface area contributed by atoms with E-state index in [0.717, 1.165) is 11.3 Å². The van der Waals surface area contributed by atoms with Crippen molar-refractivity contribution in [1.29, 1.82) is 0 Å². The third kappa shape index (κ3) is 2.25. The lowest BCUT2D eigenvalue weighted by atomic mass is 10.1. The number of ether oxygens (including phenoxy) is 1. The quantitative estimate of drug-likeness (QED) is 0.781. The number of nitrogens with zero attached hydrogens (tertiary/aromatic N) is 2. The minimum absolute atomic E-state index is 0.542. The van der Waals surface area contributed by atoms with Crippen LogP contribution in [-0.4, -0.2) is 17.1 Å². The van der Waals surface area contributed by atoms with E-state index in [2.05, 4.69) is 9.97 Å². The molecule has 0 aliphatic heterocycles. The number of hydrogen-bond acceptors (Lipinski definition) is 3. The molecule has 0 saturated carbocycles. The summed E-state index contributed by atoms with van der Waals surface area (Å²) < 4.78 is 5.02. The molecule has 0 fully saturated rings. The van der Waals surface area contributed by atoms with Crippen molar-refractivity contribution in [3.8, 4) is 17.1 Å². The van der Waals surface area contributed by atoms with Crippen LogP contribution in [0.3, 0.4) is 0 Å². The minimum atomic E-state index is 0.542. The molecule has 3 nitrogen and oxygen atoms in total. The smallest absolute Gasteiger partial charge is 0.216 e. The fourth-order valence-electron chi connectivity index (χ4n) is 1.26. The molecule has 0 amide bonds. The number of benzene rings is 1. The molecule has 0 atom stereocenters. The van der Waals surface area contributed by atoms with Crippen LogP contribution in [0, 0.1) is 0 Å². The monoisotopic (exact) mass is 220 g/mol. The summed E-state index contributed by atoms with van der Waals surface area (Å²) in [5.41, 5.74) is 1.74. The molecule has 1 aromatic heterocycles. The summed E-state index contributed by atoms with van der Waals surface area (Å²) in [6.45, 7) is 0. The van der Waals surface area contributed by atoms with Crippen LogP contribution in [0.2, 0.25) is 5.02 Å². The zero-order valence-corrected chi connectivity index (χ0v) is 8.90. The van der Waals surface area contributed by atoms with Gasteiger partial charge in [-0.1, -0.05) is 23.7 Å². The summed E-state index contributed by atoms with van der Waals surface area (Å²) in [5.74, 6) is 0.542. The van der Waals surface area contributed by atoms with Crippen LogP contribution in [-0.2, 0) is 0 Å². The van der Waals surface area contributed by atoms with Crippen molar-refractivity contribution in [2.24, 2.45) is 0 Å². The molecule has 0 radical (unpaired) electrons. The maximum atomic E-state index is 5.89. The third-order valence-electron chi connectivity index (χ3n) is 1.97. The molecule has 0 bridgehead atoms. The minimum Gasteiger partial charge on any atom is -0.481 e. The molecule has 0 unspecified atom stereocenters. The Bertz CT molecular complexity index is 474. The van der Waals surface area contributed by atoms with Crippen molar-refractivity contribution in [3.05, 3.63) is 41.7 Å². The second-order valence-corrected chi connectivity index (χ2v) is 3.39. The largest absolute Gasteiger partial charge is 0.481 e. The van der Waals surface area contributed by atoms with E-state index in [9.17, 15) is 0 Å². The van der Waals surface area contributed by atoms with Crippen LogP contribution in [0.5, 0.6) is 5.88 Å². The summed E-state index contributed by atoms with van der Waals surface area (Å²) in [7, 11) is 1.57. The summed E-state index contributed by atoms with van der Waals surface area (Å²) in [6.07, 6.45) is 1.47. The number of methoxy groups -OCH3 is 1. The van der Waals surface area contributed by atoms with Crippen LogP contribution in [0.15, 0.2) is 36.7 Å². The van der Waals surface area contributed by atoms with Gasteiger partial charge in [-0.25, -0.2) is 9.97 Å². The molecular weight excluding hydrogens is 212 g/mol. The van der Waals surface area contributed by atoms with E-state index < -0.39 is 0 Å². The summed E-state index contributed by atoms with van der Waals surface area (Å²) in [5, 5.41) is 0.685. The van der Waals surface area contributed by atoms with Gasteiger partial charge >= 0.3 is 0 Å². The fraction of sp³-hybridized carbons (Fsp3) is 0.0909. The Balaban J connectivity index is 2.44. The first-order valence-corrected chi connectivity index (χ1v) is 4.79. The Hall–Kier alpha value is -1.61. The van der Waals surface area contributed by atoms with Gasteiger partial charge in [0.15, 0.2) is 0 Å². The maximum Gasteiger partial charge on any atom is 0.216 e. The first kappa shape index (κ1) is 9.93. The van der Waals surface area contributed by atoms with Crippen molar-refractivity contribution < 1.29 is 4.74 Å². The SMILES string of the molecule is COc1cc(-c2cccc(Cl)c2)ncn1. The van der Waals surface area contributed by atoms with Crippen molar-refractivity contribution in [2.45, 2.75) is 0 Å². The third-order valence-corrected chi connectivity index (χ3v) is 2.21. The Labute approximate surface area is 92.7 Å². The number of rotatable bonds is 2. The van der Waals surface area contributed by atoms with Gasteiger partial charge in [-0.2, -0.15) is 0 Å². The van der Waals surface area contributed by atoms with Gasteiger partial charge in [0.1, 0.15) is 6.33 Å². The molecule has 2 rings (SSSR count). The van der Waals surface area contributed by atoms with Gasteiger partial charge in [-0.3, -0.25) is 0 Å². The van der Waals surface area contributed by atoms with Crippen molar-refractivity contribution >= 4 is 11.6 Å². The number of hydrogen-bond donors (Lipinski definition) is 0. The van der Waals surface area contributed by atoms with Crippen LogP contribution < -0.4 is 4.74 Å². The van der Waals surface area contributed by atoms with Gasteiger partial charge in [-0.15, -0.1) is 0 Å². The molecule has 1 aromatic carbocycles. The number of halogens is 1. The van der Waals surface area contributed by atoms with Gasteiger partial charge in [-0.05, 0) is 12.1 Å². The van der Waals surface area contributed by atoms with E-state index in [1.54, 1.807) is 13.2 Å². The normalized spacial score (nSPS) is 10.0. The predicted octanol–water partition coefficient (Wildman–Crippen LogP) is 2.81. The highest BCUT2D eigenvalue weighted by molar-refractivity contribution is 6.30. The van der Waals surface area contributed by atoms with Gasteiger partial charge in [0.05, 0.1) is 12.8 Å². The van der Waals surface area contributed by atoms with Crippen LogP contribution in [0.4, 0.5) is 0 Å². The zero-order chi connectivity index (χ0) is 10.7. The highest BCUT2D eigenvalue weighted by Crippen LogP contribution is 2.22. The average Bonchev–Trinajstić information content (AvgIpc) is 2.29. The highest BCUT2D eigenvalue weighted by Gasteiger charge is 2.02. The average molecular weight is 221 g/mol. The number of aromatic nitrogens is 2. The lowest BCUT2D eigenvalue weighted by molar-refractivity contribution is 0.397. The molecule has 0 spiro atoms. The van der Waals surface area contributed by atoms with E-state index in [1.165, 1.54) is 6.33 Å². The van der Waals surface area contributed by atoms with E-state index in [4.69, 9.17) is 16.3 Å². The van der Waals surface area contributed by atoms with Gasteiger partial charge in [0, 0.05) is 16.7 Å². The summed E-state index contributed by atoms with van der Waals surface area (Å²) in [6, 6.07) is 9.26. The standard InChI is InChI=1S/C11H9ClN2O/c1-15-11-6-10(13-7-14-11)8-3-2-4-9(12)5-8/h2-7H,1H3. The molecular formula is C11H9ClN2O. The molecule has 76 valence electrons. The Morgan fingerprint density at radius 3 is 2.80 bits per heavy atom. The van der Waals surface area contributed by atoms with E-state index in [1.807, 2.05) is 24.3 Å². The first-order chi connectivity index (χ1) is 7.29. The Morgan fingerprint density at radius 2 is 2.07 bits per heavy atom. The van der Waals surface area contributed by atoms with E-state index in [0.29, 0.717) is 10.9 Å². The van der Waals surface area contributed by atoms with E-state index >= 15 is 0 Å².